The molecule has 0 radical (unpaired) electrons. The van der Waals surface area contributed by atoms with Gasteiger partial charge >= 0.3 is 12.1 Å². The molecule has 0 aromatic heterocycles. The molecule has 162 valence electrons. The molecule has 2 N–H and O–H groups in total. The second-order valence-corrected chi connectivity index (χ2v) is 6.65. The summed E-state index contributed by atoms with van der Waals surface area (Å²) in [6.45, 7) is 5.56. The van der Waals surface area contributed by atoms with Gasteiger partial charge in [0, 0.05) is 13.1 Å². The fourth-order valence-electron chi connectivity index (χ4n) is 2.95. The van der Waals surface area contributed by atoms with Gasteiger partial charge in [0.25, 0.3) is 0 Å². The highest BCUT2D eigenvalue weighted by Crippen LogP contribution is 2.26. The Morgan fingerprint density at radius 1 is 1.34 bits per heavy atom. The van der Waals surface area contributed by atoms with Gasteiger partial charge in [-0.1, -0.05) is 6.92 Å². The lowest BCUT2D eigenvalue weighted by Crippen LogP contribution is -2.40. The minimum atomic E-state index is -1.10. The van der Waals surface area contributed by atoms with E-state index in [2.05, 4.69) is 0 Å². The molecule has 9 heteroatoms. The van der Waals surface area contributed by atoms with Crippen molar-refractivity contribution in [1.29, 1.82) is 0 Å². The average molecular weight is 413 g/mol. The van der Waals surface area contributed by atoms with Crippen molar-refractivity contribution in [2.24, 2.45) is 0 Å². The molecule has 0 unspecified atom stereocenters. The summed E-state index contributed by atoms with van der Waals surface area (Å²) in [4.78, 5) is 24.9. The first-order chi connectivity index (χ1) is 14.0. The zero-order valence-electron chi connectivity index (χ0n) is 17.0. The van der Waals surface area contributed by atoms with Gasteiger partial charge < -0.3 is 29.0 Å². The number of hydrogen-bond acceptors (Lipinski definition) is 6. The number of nitrogens with zero attached hydrogens (tertiary/aromatic N) is 2. The third-order valence-electron chi connectivity index (χ3n) is 4.38. The van der Waals surface area contributed by atoms with Crippen LogP contribution in [-0.4, -0.2) is 74.1 Å². The van der Waals surface area contributed by atoms with E-state index in [0.29, 0.717) is 44.8 Å². The molecule has 1 aliphatic heterocycles. The maximum Gasteiger partial charge on any atom is 0.482 e. The first kappa shape index (κ1) is 22.9. The van der Waals surface area contributed by atoms with E-state index in [0.717, 1.165) is 4.90 Å². The van der Waals surface area contributed by atoms with Crippen LogP contribution in [0.1, 0.15) is 26.7 Å². The van der Waals surface area contributed by atoms with Crippen LogP contribution in [0.25, 0.3) is 0 Å². The predicted octanol–water partition coefficient (Wildman–Crippen LogP) is 2.31. The van der Waals surface area contributed by atoms with Gasteiger partial charge in [-0.3, -0.25) is 4.90 Å². The molecule has 0 saturated carbocycles. The van der Waals surface area contributed by atoms with Crippen molar-refractivity contribution in [2.45, 2.75) is 32.8 Å². The Labute approximate surface area is 170 Å². The molecule has 1 heterocycles. The summed E-state index contributed by atoms with van der Waals surface area (Å²) in [5.74, 6) is -0.645. The largest absolute Gasteiger partial charge is 0.482 e. The molecule has 1 amide bonds. The zero-order chi connectivity index (χ0) is 21.2. The highest BCUT2D eigenvalue weighted by atomic mass is 19.1. The fraction of sp³-hybridized carbons (Fsp3) is 0.600. The van der Waals surface area contributed by atoms with E-state index in [4.69, 9.17) is 14.2 Å². The van der Waals surface area contributed by atoms with Crippen molar-refractivity contribution in [2.75, 3.05) is 55.9 Å². The highest BCUT2D eigenvalue weighted by molar-refractivity contribution is 5.88. The average Bonchev–Trinajstić information content (AvgIpc) is 2.71. The van der Waals surface area contributed by atoms with Crippen LogP contribution in [0.4, 0.5) is 20.6 Å². The lowest BCUT2D eigenvalue weighted by atomic mass is 10.2. The van der Waals surface area contributed by atoms with Crippen molar-refractivity contribution in [1.82, 2.24) is 0 Å². The monoisotopic (exact) mass is 413 g/mol. The second kappa shape index (κ2) is 11.6. The van der Waals surface area contributed by atoms with Crippen LogP contribution in [0.3, 0.4) is 0 Å². The summed E-state index contributed by atoms with van der Waals surface area (Å²) in [6.07, 6.45) is -0.735. The standard InChI is InChI=1S/C20H29FN2O6/c1-3-5-19(25)29-14-16(24)13-23(20(26)28-4-2)15-6-7-18(17(21)12-15)22-8-10-27-11-9-22/h6-7,12,16,24H,3-5,8-11,13-14H2,1-2H3/p+1/t16-/m1/s1. The lowest BCUT2D eigenvalue weighted by Gasteiger charge is -2.30. The van der Waals surface area contributed by atoms with Gasteiger partial charge in [0.05, 0.1) is 37.7 Å². The van der Waals surface area contributed by atoms with E-state index >= 15 is 0 Å². The molecule has 1 aromatic carbocycles. The number of hydrogen-bond donors (Lipinski definition) is 1. The van der Waals surface area contributed by atoms with Crippen LogP contribution >= 0.6 is 0 Å². The van der Waals surface area contributed by atoms with E-state index in [1.165, 1.54) is 6.07 Å². The maximum absolute atomic E-state index is 14.7. The van der Waals surface area contributed by atoms with Crippen LogP contribution in [-0.2, 0) is 14.2 Å². The van der Waals surface area contributed by atoms with Gasteiger partial charge in [0.2, 0.25) is 6.61 Å². The number of rotatable bonds is 9. The quantitative estimate of drug-likeness (QED) is 0.493. The van der Waals surface area contributed by atoms with E-state index in [1.54, 1.807) is 19.1 Å². The summed E-state index contributed by atoms with van der Waals surface area (Å²) in [5.41, 5.74) is 0.697. The lowest BCUT2D eigenvalue weighted by molar-refractivity contribution is 0.0944. The van der Waals surface area contributed by atoms with Crippen LogP contribution < -0.4 is 9.80 Å². The number of anilines is 2. The van der Waals surface area contributed by atoms with Crippen LogP contribution in [0.2, 0.25) is 0 Å². The molecule has 1 aliphatic rings. The van der Waals surface area contributed by atoms with E-state index in [-0.39, 0.29) is 31.4 Å². The molecule has 29 heavy (non-hydrogen) atoms. The highest BCUT2D eigenvalue weighted by Gasteiger charge is 2.25. The van der Waals surface area contributed by atoms with E-state index in [1.807, 2.05) is 11.8 Å². The molecule has 0 bridgehead atoms. The number of esters is 1. The summed E-state index contributed by atoms with van der Waals surface area (Å²) in [5, 5.41) is 10.2. The van der Waals surface area contributed by atoms with Gasteiger partial charge in [-0.25, -0.2) is 9.18 Å². The smallest absolute Gasteiger partial charge is 0.449 e. The Morgan fingerprint density at radius 3 is 2.69 bits per heavy atom. The van der Waals surface area contributed by atoms with Gasteiger partial charge in [0.1, 0.15) is 18.3 Å². The van der Waals surface area contributed by atoms with Gasteiger partial charge in [-0.2, -0.15) is 0 Å². The van der Waals surface area contributed by atoms with E-state index < -0.39 is 18.0 Å². The number of aliphatic hydroxyl groups excluding tert-OH is 1. The summed E-state index contributed by atoms with van der Waals surface area (Å²) in [7, 11) is 0. The van der Waals surface area contributed by atoms with Crippen molar-refractivity contribution >= 4 is 23.4 Å². The Balaban J connectivity index is 2.11. The van der Waals surface area contributed by atoms with Crippen LogP contribution in [0, 0.1) is 5.82 Å². The van der Waals surface area contributed by atoms with Crippen molar-refractivity contribution in [3.05, 3.63) is 24.0 Å². The van der Waals surface area contributed by atoms with Crippen LogP contribution in [0.15, 0.2) is 18.2 Å². The Kier molecular flexibility index (Phi) is 9.14. The zero-order valence-corrected chi connectivity index (χ0v) is 17.0. The number of benzene rings is 1. The number of halogens is 1. The second-order valence-electron chi connectivity index (χ2n) is 6.65. The molecule has 0 aliphatic carbocycles. The number of morpholine rings is 1. The molecule has 1 fully saturated rings. The maximum atomic E-state index is 14.7. The van der Waals surface area contributed by atoms with Gasteiger partial charge in [-0.15, -0.1) is 0 Å². The van der Waals surface area contributed by atoms with Crippen LogP contribution in [0.5, 0.6) is 0 Å². The number of carbonyl (C=O) groups is 1. The minimum Gasteiger partial charge on any atom is -0.449 e. The molecule has 1 saturated heterocycles. The number of aliphatic hydroxyl groups is 1. The van der Waals surface area contributed by atoms with Crippen molar-refractivity contribution in [3.63, 3.8) is 0 Å². The minimum absolute atomic E-state index is 0.140. The van der Waals surface area contributed by atoms with Gasteiger partial charge in [0.15, 0.2) is 0 Å². The summed E-state index contributed by atoms with van der Waals surface area (Å²) in [6, 6.07) is 4.46. The first-order valence-corrected chi connectivity index (χ1v) is 9.88. The topological polar surface area (TPSA) is 92.9 Å². The Bertz CT molecular complexity index is 681. The van der Waals surface area contributed by atoms with Gasteiger partial charge in [-0.05, 0) is 31.5 Å². The predicted molar refractivity (Wildman–Crippen MR) is 108 cm³/mol. The fourth-order valence-corrected chi connectivity index (χ4v) is 2.95. The number of ether oxygens (including phenoxy) is 3. The van der Waals surface area contributed by atoms with E-state index in [9.17, 15) is 19.1 Å². The molecule has 0 spiro atoms. The molecular formula is C20H30FN2O6+. The molecular weight excluding hydrogens is 383 g/mol. The third kappa shape index (κ3) is 6.86. The Morgan fingerprint density at radius 2 is 2.07 bits per heavy atom. The summed E-state index contributed by atoms with van der Waals surface area (Å²) >= 11 is 0. The summed E-state index contributed by atoms with van der Waals surface area (Å²) < 4.78 is 30.2. The third-order valence-corrected chi connectivity index (χ3v) is 4.38. The molecule has 2 rings (SSSR count). The number of carbonyl (C=O) groups excluding carboxylic acids is 2. The molecule has 1 atom stereocenters. The molecule has 8 nitrogen and oxygen atoms in total. The SMILES string of the molecule is CCCC(=[OH+])OC[C@H](O)CN(C(=O)OCC)c1ccc(N2CCOCC2)c(F)c1. The molecule has 1 aromatic rings. The Hall–Kier alpha value is -2.39. The van der Waals surface area contributed by atoms with Crippen molar-refractivity contribution < 1.29 is 33.3 Å². The number of amides is 1. The van der Waals surface area contributed by atoms with Crippen molar-refractivity contribution in [3.8, 4) is 0 Å². The first-order valence-electron chi connectivity index (χ1n) is 9.88. The normalized spacial score (nSPS) is 15.0.